The highest BCUT2D eigenvalue weighted by molar-refractivity contribution is 5.60. The minimum Gasteiger partial charge on any atom is -0.491 e. The zero-order chi connectivity index (χ0) is 14.4. The molecule has 0 amide bonds. The highest BCUT2D eigenvalue weighted by Crippen LogP contribution is 2.30. The molecule has 0 aromatic heterocycles. The SMILES string of the molecule is CCC(CC)COc1ccc(C)cc1N1CCNCC1. The Morgan fingerprint density at radius 3 is 2.55 bits per heavy atom. The van der Waals surface area contributed by atoms with Crippen LogP contribution >= 0.6 is 0 Å². The van der Waals surface area contributed by atoms with Gasteiger partial charge in [-0.3, -0.25) is 0 Å². The number of hydrogen-bond acceptors (Lipinski definition) is 3. The highest BCUT2D eigenvalue weighted by atomic mass is 16.5. The lowest BCUT2D eigenvalue weighted by atomic mass is 10.1. The van der Waals surface area contributed by atoms with Gasteiger partial charge in [0.25, 0.3) is 0 Å². The minimum absolute atomic E-state index is 0.659. The smallest absolute Gasteiger partial charge is 0.142 e. The summed E-state index contributed by atoms with van der Waals surface area (Å²) in [7, 11) is 0. The van der Waals surface area contributed by atoms with E-state index in [9.17, 15) is 0 Å². The molecule has 1 aliphatic heterocycles. The number of aryl methyl sites for hydroxylation is 1. The lowest BCUT2D eigenvalue weighted by Crippen LogP contribution is -2.43. The van der Waals surface area contributed by atoms with E-state index in [-0.39, 0.29) is 0 Å². The van der Waals surface area contributed by atoms with Crippen LogP contribution in [0.1, 0.15) is 32.3 Å². The largest absolute Gasteiger partial charge is 0.491 e. The predicted molar refractivity (Wildman–Crippen MR) is 85.8 cm³/mol. The van der Waals surface area contributed by atoms with Gasteiger partial charge in [-0.1, -0.05) is 32.8 Å². The lowest BCUT2D eigenvalue weighted by Gasteiger charge is -2.31. The maximum atomic E-state index is 6.13. The summed E-state index contributed by atoms with van der Waals surface area (Å²) in [5, 5.41) is 3.40. The maximum absolute atomic E-state index is 6.13. The van der Waals surface area contributed by atoms with E-state index in [0.29, 0.717) is 5.92 Å². The van der Waals surface area contributed by atoms with Crippen molar-refractivity contribution in [1.29, 1.82) is 0 Å². The van der Waals surface area contributed by atoms with Gasteiger partial charge in [0.1, 0.15) is 5.75 Å². The Morgan fingerprint density at radius 2 is 1.90 bits per heavy atom. The molecule has 3 heteroatoms. The van der Waals surface area contributed by atoms with Gasteiger partial charge in [-0.05, 0) is 30.5 Å². The van der Waals surface area contributed by atoms with Crippen LogP contribution in [0, 0.1) is 12.8 Å². The summed E-state index contributed by atoms with van der Waals surface area (Å²) in [6, 6.07) is 6.54. The monoisotopic (exact) mass is 276 g/mol. The van der Waals surface area contributed by atoms with Gasteiger partial charge >= 0.3 is 0 Å². The fraction of sp³-hybridized carbons (Fsp3) is 0.647. The van der Waals surface area contributed by atoms with Crippen molar-refractivity contribution in [1.82, 2.24) is 5.32 Å². The summed E-state index contributed by atoms with van der Waals surface area (Å²) in [6.45, 7) is 11.7. The first-order chi connectivity index (χ1) is 9.74. The topological polar surface area (TPSA) is 24.5 Å². The van der Waals surface area contributed by atoms with E-state index in [1.807, 2.05) is 0 Å². The number of benzene rings is 1. The molecule has 1 aromatic rings. The Kier molecular flexibility index (Phi) is 5.72. The molecule has 1 saturated heterocycles. The van der Waals surface area contributed by atoms with Gasteiger partial charge in [-0.2, -0.15) is 0 Å². The van der Waals surface area contributed by atoms with Gasteiger partial charge in [-0.25, -0.2) is 0 Å². The molecule has 112 valence electrons. The molecule has 0 saturated carbocycles. The maximum Gasteiger partial charge on any atom is 0.142 e. The van der Waals surface area contributed by atoms with Crippen molar-refractivity contribution in [3.8, 4) is 5.75 Å². The van der Waals surface area contributed by atoms with Crippen LogP contribution < -0.4 is 15.0 Å². The first kappa shape index (κ1) is 15.2. The molecule has 0 aliphatic carbocycles. The average molecular weight is 276 g/mol. The Balaban J connectivity index is 2.10. The second kappa shape index (κ2) is 7.53. The molecule has 1 aliphatic rings. The number of nitrogens with zero attached hydrogens (tertiary/aromatic N) is 1. The van der Waals surface area contributed by atoms with Crippen molar-refractivity contribution in [2.24, 2.45) is 5.92 Å². The van der Waals surface area contributed by atoms with Crippen molar-refractivity contribution in [3.05, 3.63) is 23.8 Å². The molecule has 1 N–H and O–H groups in total. The number of anilines is 1. The van der Waals surface area contributed by atoms with Crippen molar-refractivity contribution >= 4 is 5.69 Å². The van der Waals surface area contributed by atoms with Gasteiger partial charge < -0.3 is 15.0 Å². The number of ether oxygens (including phenoxy) is 1. The van der Waals surface area contributed by atoms with Gasteiger partial charge in [0.05, 0.1) is 12.3 Å². The van der Waals surface area contributed by atoms with Crippen molar-refractivity contribution in [2.75, 3.05) is 37.7 Å². The van der Waals surface area contributed by atoms with Gasteiger partial charge in [0, 0.05) is 26.2 Å². The van der Waals surface area contributed by atoms with E-state index in [2.05, 4.69) is 49.2 Å². The summed E-state index contributed by atoms with van der Waals surface area (Å²) in [6.07, 6.45) is 2.37. The zero-order valence-electron chi connectivity index (χ0n) is 13.1. The fourth-order valence-electron chi connectivity index (χ4n) is 2.63. The van der Waals surface area contributed by atoms with E-state index in [0.717, 1.165) is 38.5 Å². The second-order valence-corrected chi connectivity index (χ2v) is 5.70. The van der Waals surface area contributed by atoms with E-state index >= 15 is 0 Å². The van der Waals surface area contributed by atoms with Crippen molar-refractivity contribution < 1.29 is 4.74 Å². The molecule has 1 aromatic carbocycles. The van der Waals surface area contributed by atoms with Crippen LogP contribution in [-0.2, 0) is 0 Å². The molecule has 0 atom stereocenters. The summed E-state index contributed by atoms with van der Waals surface area (Å²) in [5.74, 6) is 1.71. The standard InChI is InChI=1S/C17H28N2O/c1-4-15(5-2)13-20-17-7-6-14(3)12-16(17)19-10-8-18-9-11-19/h6-7,12,15,18H,4-5,8-11,13H2,1-3H3. The van der Waals surface area contributed by atoms with Crippen LogP contribution in [0.4, 0.5) is 5.69 Å². The van der Waals surface area contributed by atoms with Crippen LogP contribution in [0.2, 0.25) is 0 Å². The minimum atomic E-state index is 0.659. The number of hydrogen-bond donors (Lipinski definition) is 1. The number of nitrogens with one attached hydrogen (secondary N) is 1. The summed E-state index contributed by atoms with van der Waals surface area (Å²) >= 11 is 0. The molecule has 2 rings (SSSR count). The lowest BCUT2D eigenvalue weighted by molar-refractivity contribution is 0.241. The van der Waals surface area contributed by atoms with Gasteiger partial charge in [0.15, 0.2) is 0 Å². The van der Waals surface area contributed by atoms with E-state index in [1.165, 1.54) is 24.1 Å². The number of piperazine rings is 1. The van der Waals surface area contributed by atoms with Gasteiger partial charge in [-0.15, -0.1) is 0 Å². The summed E-state index contributed by atoms with van der Waals surface area (Å²) < 4.78 is 6.13. The molecule has 1 heterocycles. The molecule has 0 bridgehead atoms. The van der Waals surface area contributed by atoms with Crippen LogP contribution in [-0.4, -0.2) is 32.8 Å². The molecule has 20 heavy (non-hydrogen) atoms. The van der Waals surface area contributed by atoms with Crippen LogP contribution in [0.3, 0.4) is 0 Å². The third-order valence-electron chi connectivity index (χ3n) is 4.20. The van der Waals surface area contributed by atoms with Crippen LogP contribution in [0.5, 0.6) is 5.75 Å². The predicted octanol–water partition coefficient (Wildman–Crippen LogP) is 3.22. The molecule has 3 nitrogen and oxygen atoms in total. The van der Waals surface area contributed by atoms with E-state index in [1.54, 1.807) is 0 Å². The van der Waals surface area contributed by atoms with Crippen LogP contribution in [0.15, 0.2) is 18.2 Å². The average Bonchev–Trinajstić information content (AvgIpc) is 2.50. The Bertz CT molecular complexity index is 409. The van der Waals surface area contributed by atoms with Crippen molar-refractivity contribution in [3.63, 3.8) is 0 Å². The van der Waals surface area contributed by atoms with Crippen LogP contribution in [0.25, 0.3) is 0 Å². The van der Waals surface area contributed by atoms with E-state index in [4.69, 9.17) is 4.74 Å². The third kappa shape index (κ3) is 3.89. The fourth-order valence-corrected chi connectivity index (χ4v) is 2.63. The summed E-state index contributed by atoms with van der Waals surface area (Å²) in [4.78, 5) is 2.44. The first-order valence-corrected chi connectivity index (χ1v) is 7.93. The highest BCUT2D eigenvalue weighted by Gasteiger charge is 2.16. The molecular weight excluding hydrogens is 248 g/mol. The van der Waals surface area contributed by atoms with Crippen molar-refractivity contribution in [2.45, 2.75) is 33.6 Å². The first-order valence-electron chi connectivity index (χ1n) is 7.93. The van der Waals surface area contributed by atoms with Gasteiger partial charge in [0.2, 0.25) is 0 Å². The normalized spacial score (nSPS) is 15.7. The molecule has 1 fully saturated rings. The Labute approximate surface area is 123 Å². The second-order valence-electron chi connectivity index (χ2n) is 5.70. The molecule has 0 spiro atoms. The third-order valence-corrected chi connectivity index (χ3v) is 4.20. The molecular formula is C17H28N2O. The molecule has 0 unspecified atom stereocenters. The summed E-state index contributed by atoms with van der Waals surface area (Å²) in [5.41, 5.74) is 2.56. The Hall–Kier alpha value is -1.22. The quantitative estimate of drug-likeness (QED) is 0.863. The Morgan fingerprint density at radius 1 is 1.20 bits per heavy atom. The molecule has 0 radical (unpaired) electrons. The number of rotatable bonds is 6. The zero-order valence-corrected chi connectivity index (χ0v) is 13.1. The van der Waals surface area contributed by atoms with E-state index < -0.39 is 0 Å².